The molecule has 25 heavy (non-hydrogen) atoms. The normalized spacial score (nSPS) is 17.7. The van der Waals surface area contributed by atoms with Gasteiger partial charge in [0.15, 0.2) is 5.13 Å². The average molecular weight is 353 g/mol. The van der Waals surface area contributed by atoms with Gasteiger partial charge in [0.1, 0.15) is 0 Å². The Morgan fingerprint density at radius 2 is 1.96 bits per heavy atom. The molecule has 2 aliphatic rings. The number of carbonyl (C=O) groups is 1. The number of nitrogens with zero attached hydrogens (tertiary/aromatic N) is 3. The number of halogens is 1. The first-order valence-corrected chi connectivity index (χ1v) is 9.24. The summed E-state index contributed by atoms with van der Waals surface area (Å²) in [6, 6.07) is 9.18. The first-order chi connectivity index (χ1) is 12.2. The third-order valence-electron chi connectivity index (χ3n) is 4.93. The number of rotatable bonds is 3. The SMILES string of the molecule is O=C1N(c2ccc3sc(F)cc3c2)CCN1c1cnccc1C1CC1. The lowest BCUT2D eigenvalue weighted by atomic mass is 10.1. The van der Waals surface area contributed by atoms with Crippen LogP contribution >= 0.6 is 11.3 Å². The maximum absolute atomic E-state index is 13.4. The topological polar surface area (TPSA) is 36.4 Å². The molecule has 6 heteroatoms. The monoisotopic (exact) mass is 353 g/mol. The molecule has 126 valence electrons. The van der Waals surface area contributed by atoms with E-state index < -0.39 is 0 Å². The first kappa shape index (κ1) is 14.8. The van der Waals surface area contributed by atoms with Gasteiger partial charge in [-0.2, -0.15) is 4.39 Å². The van der Waals surface area contributed by atoms with Crippen LogP contribution in [0.25, 0.3) is 10.1 Å². The highest BCUT2D eigenvalue weighted by Crippen LogP contribution is 2.44. The predicted molar refractivity (Wildman–Crippen MR) is 98.1 cm³/mol. The van der Waals surface area contributed by atoms with Crippen molar-refractivity contribution in [3.8, 4) is 0 Å². The number of hydrogen-bond donors (Lipinski definition) is 0. The number of pyridine rings is 1. The summed E-state index contributed by atoms with van der Waals surface area (Å²) in [4.78, 5) is 20.8. The summed E-state index contributed by atoms with van der Waals surface area (Å²) in [5.74, 6) is 0.560. The maximum Gasteiger partial charge on any atom is 0.329 e. The minimum Gasteiger partial charge on any atom is -0.292 e. The molecule has 5 rings (SSSR count). The van der Waals surface area contributed by atoms with Crippen LogP contribution in [0.4, 0.5) is 20.6 Å². The Balaban J connectivity index is 1.48. The Kier molecular flexibility index (Phi) is 3.28. The molecule has 0 bridgehead atoms. The standard InChI is InChI=1S/C19H16FN3OS/c20-18-10-13-9-14(3-4-17(13)25-18)22-7-8-23(19(22)24)16-11-21-6-5-15(16)12-1-2-12/h3-6,9-12H,1-2,7-8H2. The van der Waals surface area contributed by atoms with Gasteiger partial charge in [0.25, 0.3) is 0 Å². The van der Waals surface area contributed by atoms with Gasteiger partial charge in [-0.05, 0) is 60.0 Å². The van der Waals surface area contributed by atoms with Crippen LogP contribution in [0.1, 0.15) is 24.3 Å². The number of aromatic nitrogens is 1. The van der Waals surface area contributed by atoms with Crippen LogP contribution in [0.2, 0.25) is 0 Å². The van der Waals surface area contributed by atoms with Gasteiger partial charge in [-0.25, -0.2) is 4.79 Å². The lowest BCUT2D eigenvalue weighted by Gasteiger charge is -2.21. The predicted octanol–water partition coefficient (Wildman–Crippen LogP) is 4.76. The number of thiophene rings is 1. The molecule has 1 aliphatic carbocycles. The highest BCUT2D eigenvalue weighted by atomic mass is 32.1. The van der Waals surface area contributed by atoms with Crippen LogP contribution in [-0.2, 0) is 0 Å². The van der Waals surface area contributed by atoms with E-state index in [-0.39, 0.29) is 11.2 Å². The Hall–Kier alpha value is -2.47. The van der Waals surface area contributed by atoms with E-state index in [1.54, 1.807) is 17.3 Å². The molecule has 2 amide bonds. The number of anilines is 2. The fraction of sp³-hybridized carbons (Fsp3) is 0.263. The summed E-state index contributed by atoms with van der Waals surface area (Å²) in [5.41, 5.74) is 2.97. The molecular formula is C19H16FN3OS. The van der Waals surface area contributed by atoms with E-state index in [1.807, 2.05) is 29.2 Å². The number of fused-ring (bicyclic) bond motifs is 1. The van der Waals surface area contributed by atoms with Gasteiger partial charge in [-0.15, -0.1) is 11.3 Å². The van der Waals surface area contributed by atoms with Gasteiger partial charge in [0.2, 0.25) is 0 Å². The van der Waals surface area contributed by atoms with Crippen LogP contribution in [0.5, 0.6) is 0 Å². The van der Waals surface area contributed by atoms with E-state index in [2.05, 4.69) is 4.98 Å². The molecule has 0 N–H and O–H groups in total. The van der Waals surface area contributed by atoms with Crippen LogP contribution in [0.3, 0.4) is 0 Å². The maximum atomic E-state index is 13.4. The van der Waals surface area contributed by atoms with E-state index in [4.69, 9.17) is 0 Å². The lowest BCUT2D eigenvalue weighted by Crippen LogP contribution is -2.32. The molecule has 3 aromatic rings. The minimum atomic E-state index is -0.203. The Morgan fingerprint density at radius 1 is 1.12 bits per heavy atom. The number of amides is 2. The smallest absolute Gasteiger partial charge is 0.292 e. The molecule has 1 aromatic carbocycles. The molecule has 0 atom stereocenters. The molecule has 1 aliphatic heterocycles. The van der Waals surface area contributed by atoms with Crippen molar-refractivity contribution in [3.05, 3.63) is 53.4 Å². The fourth-order valence-corrected chi connectivity index (χ4v) is 4.30. The van der Waals surface area contributed by atoms with Crippen molar-refractivity contribution < 1.29 is 9.18 Å². The zero-order valence-corrected chi connectivity index (χ0v) is 14.3. The van der Waals surface area contributed by atoms with Gasteiger partial charge in [-0.1, -0.05) is 0 Å². The van der Waals surface area contributed by atoms with Gasteiger partial charge in [0, 0.05) is 29.7 Å². The van der Waals surface area contributed by atoms with E-state index in [9.17, 15) is 9.18 Å². The van der Waals surface area contributed by atoms with E-state index in [0.29, 0.717) is 19.0 Å². The van der Waals surface area contributed by atoms with Crippen molar-refractivity contribution in [2.24, 2.45) is 0 Å². The Labute approximate surface area is 148 Å². The van der Waals surface area contributed by atoms with Crippen molar-refractivity contribution in [3.63, 3.8) is 0 Å². The quantitative estimate of drug-likeness (QED) is 0.681. The third-order valence-corrected chi connectivity index (χ3v) is 5.84. The summed E-state index contributed by atoms with van der Waals surface area (Å²) in [7, 11) is 0. The van der Waals surface area contributed by atoms with Crippen molar-refractivity contribution in [1.82, 2.24) is 4.98 Å². The van der Waals surface area contributed by atoms with Gasteiger partial charge >= 0.3 is 6.03 Å². The molecule has 0 radical (unpaired) electrons. The van der Waals surface area contributed by atoms with E-state index in [1.165, 1.54) is 24.5 Å². The van der Waals surface area contributed by atoms with E-state index in [0.717, 1.165) is 32.8 Å². The first-order valence-electron chi connectivity index (χ1n) is 8.43. The minimum absolute atomic E-state index is 0.0371. The van der Waals surface area contributed by atoms with Crippen LogP contribution in [0, 0.1) is 5.13 Å². The third kappa shape index (κ3) is 2.48. The van der Waals surface area contributed by atoms with Crippen molar-refractivity contribution >= 4 is 38.8 Å². The molecule has 3 heterocycles. The number of urea groups is 1. The number of carbonyl (C=O) groups excluding carboxylic acids is 1. The molecular weight excluding hydrogens is 337 g/mol. The summed E-state index contributed by atoms with van der Waals surface area (Å²) in [5, 5.41) is 0.636. The zero-order chi connectivity index (χ0) is 17.0. The summed E-state index contributed by atoms with van der Waals surface area (Å²) in [6.07, 6.45) is 5.97. The molecule has 1 saturated heterocycles. The van der Waals surface area contributed by atoms with E-state index >= 15 is 0 Å². The molecule has 2 fully saturated rings. The summed E-state index contributed by atoms with van der Waals surface area (Å²) < 4.78 is 14.3. The highest BCUT2D eigenvalue weighted by Gasteiger charge is 2.35. The number of hydrogen-bond acceptors (Lipinski definition) is 3. The fourth-order valence-electron chi connectivity index (χ4n) is 3.53. The summed E-state index contributed by atoms with van der Waals surface area (Å²) >= 11 is 1.12. The second-order valence-corrected chi connectivity index (χ2v) is 7.60. The molecule has 0 unspecified atom stereocenters. The largest absolute Gasteiger partial charge is 0.329 e. The molecule has 2 aromatic heterocycles. The average Bonchev–Trinajstić information content (AvgIpc) is 3.29. The number of benzene rings is 1. The lowest BCUT2D eigenvalue weighted by molar-refractivity contribution is 0.256. The van der Waals surface area contributed by atoms with Gasteiger partial charge < -0.3 is 0 Å². The second kappa shape index (κ2) is 5.52. The Morgan fingerprint density at radius 3 is 2.80 bits per heavy atom. The van der Waals surface area contributed by atoms with Gasteiger partial charge in [0.05, 0.1) is 11.9 Å². The molecule has 1 saturated carbocycles. The highest BCUT2D eigenvalue weighted by molar-refractivity contribution is 7.17. The van der Waals surface area contributed by atoms with Crippen molar-refractivity contribution in [2.75, 3.05) is 22.9 Å². The molecule has 4 nitrogen and oxygen atoms in total. The van der Waals surface area contributed by atoms with Crippen molar-refractivity contribution in [1.29, 1.82) is 0 Å². The van der Waals surface area contributed by atoms with Gasteiger partial charge in [-0.3, -0.25) is 14.8 Å². The summed E-state index contributed by atoms with van der Waals surface area (Å²) in [6.45, 7) is 1.26. The second-order valence-electron chi connectivity index (χ2n) is 6.57. The van der Waals surface area contributed by atoms with Crippen molar-refractivity contribution in [2.45, 2.75) is 18.8 Å². The Bertz CT molecular complexity index is 982. The molecule has 0 spiro atoms. The zero-order valence-electron chi connectivity index (χ0n) is 13.5. The van der Waals surface area contributed by atoms with Crippen LogP contribution < -0.4 is 9.80 Å². The van der Waals surface area contributed by atoms with Crippen LogP contribution in [-0.4, -0.2) is 24.1 Å². The van der Waals surface area contributed by atoms with Crippen LogP contribution in [0.15, 0.2) is 42.7 Å².